The van der Waals surface area contributed by atoms with Gasteiger partial charge in [0.15, 0.2) is 5.82 Å². The fourth-order valence-corrected chi connectivity index (χ4v) is 1.57. The Kier molecular flexibility index (Phi) is 4.66. The predicted octanol–water partition coefficient (Wildman–Crippen LogP) is 0.677. The van der Waals surface area contributed by atoms with E-state index in [0.717, 1.165) is 11.6 Å². The van der Waals surface area contributed by atoms with Crippen molar-refractivity contribution in [1.29, 1.82) is 0 Å². The first-order valence-electron chi connectivity index (χ1n) is 5.94. The molecule has 0 saturated heterocycles. The van der Waals surface area contributed by atoms with Crippen LogP contribution in [-0.2, 0) is 13.0 Å². The van der Waals surface area contributed by atoms with Crippen molar-refractivity contribution in [3.05, 3.63) is 36.2 Å². The van der Waals surface area contributed by atoms with Crippen LogP contribution in [0.3, 0.4) is 0 Å². The van der Waals surface area contributed by atoms with E-state index in [1.54, 1.807) is 4.68 Å². The largest absolute Gasteiger partial charge is 0.493 e. The van der Waals surface area contributed by atoms with Gasteiger partial charge in [0, 0.05) is 19.6 Å². The summed E-state index contributed by atoms with van der Waals surface area (Å²) in [5.74, 6) is 1.62. The highest BCUT2D eigenvalue weighted by Crippen LogP contribution is 2.08. The van der Waals surface area contributed by atoms with E-state index in [-0.39, 0.29) is 6.61 Å². The van der Waals surface area contributed by atoms with Gasteiger partial charge in [-0.2, -0.15) is 0 Å². The first kappa shape index (κ1) is 12.5. The van der Waals surface area contributed by atoms with Crippen LogP contribution in [0, 0.1) is 0 Å². The van der Waals surface area contributed by atoms with Gasteiger partial charge in [-0.3, -0.25) is 0 Å². The minimum atomic E-state index is 0.139. The number of hydrogen-bond donors (Lipinski definition) is 1. The summed E-state index contributed by atoms with van der Waals surface area (Å²) in [6.45, 7) is 1.30. The Bertz CT molecular complexity index is 458. The van der Waals surface area contributed by atoms with Crippen LogP contribution in [0.25, 0.3) is 0 Å². The van der Waals surface area contributed by atoms with Gasteiger partial charge < -0.3 is 9.84 Å². The molecule has 0 saturated carbocycles. The van der Waals surface area contributed by atoms with Crippen LogP contribution in [0.5, 0.6) is 5.75 Å². The standard InChI is InChI=1S/C12H16N4O2/c17-9-4-8-16-12(13-14-15-16)7-10-18-11-5-2-1-3-6-11/h1-3,5-6,17H,4,7-10H2. The van der Waals surface area contributed by atoms with E-state index in [9.17, 15) is 0 Å². The van der Waals surface area contributed by atoms with Gasteiger partial charge in [0.1, 0.15) is 5.75 Å². The van der Waals surface area contributed by atoms with Gasteiger partial charge in [-0.05, 0) is 29.0 Å². The highest BCUT2D eigenvalue weighted by Gasteiger charge is 2.05. The molecule has 0 aliphatic carbocycles. The fourth-order valence-electron chi connectivity index (χ4n) is 1.57. The molecule has 6 heteroatoms. The maximum atomic E-state index is 8.77. The molecule has 0 aliphatic rings. The topological polar surface area (TPSA) is 73.1 Å². The summed E-state index contributed by atoms with van der Waals surface area (Å²) < 4.78 is 7.28. The van der Waals surface area contributed by atoms with E-state index in [2.05, 4.69) is 15.5 Å². The van der Waals surface area contributed by atoms with E-state index in [1.165, 1.54) is 0 Å². The van der Waals surface area contributed by atoms with Crippen LogP contribution in [0.2, 0.25) is 0 Å². The summed E-state index contributed by atoms with van der Waals surface area (Å²) in [6, 6.07) is 9.63. The molecular weight excluding hydrogens is 232 g/mol. The smallest absolute Gasteiger partial charge is 0.154 e. The summed E-state index contributed by atoms with van der Waals surface area (Å²) in [5, 5.41) is 20.2. The van der Waals surface area contributed by atoms with Gasteiger partial charge in [-0.25, -0.2) is 4.68 Å². The molecule has 1 N–H and O–H groups in total. The Morgan fingerprint density at radius 1 is 1.22 bits per heavy atom. The van der Waals surface area contributed by atoms with Crippen molar-refractivity contribution in [2.45, 2.75) is 19.4 Å². The lowest BCUT2D eigenvalue weighted by atomic mass is 10.3. The van der Waals surface area contributed by atoms with Crippen molar-refractivity contribution < 1.29 is 9.84 Å². The number of aliphatic hydroxyl groups is 1. The number of hydrogen-bond acceptors (Lipinski definition) is 5. The zero-order valence-corrected chi connectivity index (χ0v) is 10.1. The lowest BCUT2D eigenvalue weighted by molar-refractivity contribution is 0.273. The van der Waals surface area contributed by atoms with Gasteiger partial charge >= 0.3 is 0 Å². The van der Waals surface area contributed by atoms with Gasteiger partial charge in [-0.1, -0.05) is 18.2 Å². The number of aliphatic hydroxyl groups excluding tert-OH is 1. The molecule has 2 rings (SSSR count). The summed E-state index contributed by atoms with van der Waals surface area (Å²) in [6.07, 6.45) is 1.30. The summed E-state index contributed by atoms with van der Waals surface area (Å²) >= 11 is 0. The number of para-hydroxylation sites is 1. The van der Waals surface area contributed by atoms with Crippen molar-refractivity contribution in [3.63, 3.8) is 0 Å². The number of nitrogens with zero attached hydrogens (tertiary/aromatic N) is 4. The monoisotopic (exact) mass is 248 g/mol. The molecule has 0 amide bonds. The lowest BCUT2D eigenvalue weighted by Gasteiger charge is -2.06. The zero-order valence-electron chi connectivity index (χ0n) is 10.1. The molecule has 2 aromatic rings. The molecule has 0 radical (unpaired) electrons. The third kappa shape index (κ3) is 3.53. The second-order valence-electron chi connectivity index (χ2n) is 3.81. The second-order valence-corrected chi connectivity index (χ2v) is 3.81. The molecule has 96 valence electrons. The van der Waals surface area contributed by atoms with Crippen LogP contribution < -0.4 is 4.74 Å². The second kappa shape index (κ2) is 6.70. The maximum absolute atomic E-state index is 8.77. The Morgan fingerprint density at radius 3 is 2.83 bits per heavy atom. The molecule has 18 heavy (non-hydrogen) atoms. The van der Waals surface area contributed by atoms with Crippen LogP contribution in [0.15, 0.2) is 30.3 Å². The molecular formula is C12H16N4O2. The van der Waals surface area contributed by atoms with E-state index >= 15 is 0 Å². The number of ether oxygens (including phenoxy) is 1. The third-order valence-electron chi connectivity index (χ3n) is 2.47. The van der Waals surface area contributed by atoms with Crippen molar-refractivity contribution in [1.82, 2.24) is 20.2 Å². The highest BCUT2D eigenvalue weighted by atomic mass is 16.5. The molecule has 1 aromatic heterocycles. The SMILES string of the molecule is OCCCn1nnnc1CCOc1ccccc1. The van der Waals surface area contributed by atoms with Crippen molar-refractivity contribution >= 4 is 0 Å². The van der Waals surface area contributed by atoms with Gasteiger partial charge in [-0.15, -0.1) is 5.10 Å². The highest BCUT2D eigenvalue weighted by molar-refractivity contribution is 5.20. The van der Waals surface area contributed by atoms with Crippen LogP contribution in [0.4, 0.5) is 0 Å². The predicted molar refractivity (Wildman–Crippen MR) is 65.2 cm³/mol. The van der Waals surface area contributed by atoms with E-state index in [4.69, 9.17) is 9.84 Å². The maximum Gasteiger partial charge on any atom is 0.154 e. The molecule has 0 bridgehead atoms. The average Bonchev–Trinajstić information content (AvgIpc) is 2.85. The molecule has 0 spiro atoms. The first-order valence-corrected chi connectivity index (χ1v) is 5.94. The van der Waals surface area contributed by atoms with Crippen LogP contribution >= 0.6 is 0 Å². The number of tetrazole rings is 1. The lowest BCUT2D eigenvalue weighted by Crippen LogP contribution is -2.11. The molecule has 6 nitrogen and oxygen atoms in total. The third-order valence-corrected chi connectivity index (χ3v) is 2.47. The Morgan fingerprint density at radius 2 is 2.06 bits per heavy atom. The molecule has 0 aliphatic heterocycles. The number of aromatic nitrogens is 4. The van der Waals surface area contributed by atoms with Crippen LogP contribution in [0.1, 0.15) is 12.2 Å². The number of rotatable bonds is 7. The van der Waals surface area contributed by atoms with E-state index in [1.807, 2.05) is 30.3 Å². The molecule has 1 aromatic carbocycles. The van der Waals surface area contributed by atoms with Crippen molar-refractivity contribution in [2.24, 2.45) is 0 Å². The van der Waals surface area contributed by atoms with Crippen molar-refractivity contribution in [2.75, 3.05) is 13.2 Å². The summed E-state index contributed by atoms with van der Waals surface area (Å²) in [7, 11) is 0. The van der Waals surface area contributed by atoms with Crippen molar-refractivity contribution in [3.8, 4) is 5.75 Å². The average molecular weight is 248 g/mol. The molecule has 0 fully saturated rings. The van der Waals surface area contributed by atoms with E-state index < -0.39 is 0 Å². The zero-order chi connectivity index (χ0) is 12.6. The summed E-state index contributed by atoms with van der Waals surface area (Å²) in [4.78, 5) is 0. The molecule has 0 unspecified atom stereocenters. The van der Waals surface area contributed by atoms with Gasteiger partial charge in [0.2, 0.25) is 0 Å². The number of aryl methyl sites for hydroxylation is 1. The Balaban J connectivity index is 1.81. The van der Waals surface area contributed by atoms with Crippen LogP contribution in [-0.4, -0.2) is 38.5 Å². The summed E-state index contributed by atoms with van der Waals surface area (Å²) in [5.41, 5.74) is 0. The normalized spacial score (nSPS) is 10.5. The molecule has 0 atom stereocenters. The minimum absolute atomic E-state index is 0.139. The number of benzene rings is 1. The van der Waals surface area contributed by atoms with E-state index in [0.29, 0.717) is 26.0 Å². The Hall–Kier alpha value is -1.95. The minimum Gasteiger partial charge on any atom is -0.493 e. The quantitative estimate of drug-likeness (QED) is 0.780. The van der Waals surface area contributed by atoms with Gasteiger partial charge in [0.05, 0.1) is 6.61 Å². The fraction of sp³-hybridized carbons (Fsp3) is 0.417. The molecule has 1 heterocycles. The first-order chi connectivity index (χ1) is 8.90. The Labute approximate surface area is 105 Å². The van der Waals surface area contributed by atoms with Gasteiger partial charge in [0.25, 0.3) is 0 Å².